The maximum atomic E-state index is 13.5. The van der Waals surface area contributed by atoms with Crippen LogP contribution in [0.1, 0.15) is 68.5 Å². The zero-order valence-electron chi connectivity index (χ0n) is 19.4. The highest BCUT2D eigenvalue weighted by molar-refractivity contribution is 5.85. The number of nitrogens with zero attached hydrogens (tertiary/aromatic N) is 3. The quantitative estimate of drug-likeness (QED) is 0.574. The summed E-state index contributed by atoms with van der Waals surface area (Å²) >= 11 is 0. The first-order valence-corrected chi connectivity index (χ1v) is 12.3. The van der Waals surface area contributed by atoms with Crippen molar-refractivity contribution in [3.05, 3.63) is 29.6 Å². The molecule has 0 spiro atoms. The Kier molecular flexibility index (Phi) is 6.49. The highest BCUT2D eigenvalue weighted by Gasteiger charge is 2.40. The van der Waals surface area contributed by atoms with Crippen LogP contribution in [0.5, 0.6) is 0 Å². The number of ether oxygens (including phenoxy) is 2. The van der Waals surface area contributed by atoms with E-state index < -0.39 is 0 Å². The lowest BCUT2D eigenvalue weighted by Gasteiger charge is -2.34. The summed E-state index contributed by atoms with van der Waals surface area (Å²) in [6.07, 6.45) is 10.7. The summed E-state index contributed by atoms with van der Waals surface area (Å²) < 4.78 is 13.4. The van der Waals surface area contributed by atoms with Crippen molar-refractivity contribution in [2.75, 3.05) is 33.4 Å². The van der Waals surface area contributed by atoms with Gasteiger partial charge in [0.05, 0.1) is 23.7 Å². The van der Waals surface area contributed by atoms with Crippen LogP contribution in [0.4, 0.5) is 0 Å². The van der Waals surface area contributed by atoms with Crippen LogP contribution in [0.25, 0.3) is 11.0 Å². The van der Waals surface area contributed by atoms with E-state index in [4.69, 9.17) is 14.5 Å². The number of amides is 1. The van der Waals surface area contributed by atoms with Crippen LogP contribution in [0.15, 0.2) is 18.5 Å². The molecule has 0 aromatic carbocycles. The molecule has 3 heterocycles. The van der Waals surface area contributed by atoms with Gasteiger partial charge < -0.3 is 24.3 Å². The number of carbonyl (C=O) groups excluding carboxylic acids is 1. The predicted molar refractivity (Wildman–Crippen MR) is 124 cm³/mol. The van der Waals surface area contributed by atoms with E-state index in [-0.39, 0.29) is 18.1 Å². The fourth-order valence-corrected chi connectivity index (χ4v) is 4.95. The highest BCUT2D eigenvalue weighted by Crippen LogP contribution is 2.42. The Bertz CT molecular complexity index is 944. The number of fused-ring (bicyclic) bond motifs is 1. The lowest BCUT2D eigenvalue weighted by molar-refractivity contribution is -0.148. The predicted octanol–water partition coefficient (Wildman–Crippen LogP) is 3.38. The number of methoxy groups -OCH3 is 1. The second-order valence-electron chi connectivity index (χ2n) is 9.60. The van der Waals surface area contributed by atoms with Crippen LogP contribution in [0, 0.1) is 0 Å². The summed E-state index contributed by atoms with van der Waals surface area (Å²) in [4.78, 5) is 20.5. The lowest BCUT2D eigenvalue weighted by atomic mass is 10.1. The van der Waals surface area contributed by atoms with Crippen molar-refractivity contribution < 1.29 is 14.3 Å². The number of pyridine rings is 1. The molecule has 0 unspecified atom stereocenters. The lowest BCUT2D eigenvalue weighted by Crippen LogP contribution is -2.50. The Labute approximate surface area is 190 Å². The Hall–Kier alpha value is -1.96. The third-order valence-corrected chi connectivity index (χ3v) is 7.08. The zero-order chi connectivity index (χ0) is 22.1. The standard InChI is InChI=1S/C25H36N4O3/c1-17(29(20-7-8-20)25(30)23-15-26-9-12-32-23)21-16-28(10-3-4-11-31-2)22-13-19(18-5-6-18)14-27-24(21)22/h13-14,16-18,20,23,26H,3-12,15H2,1-2H3/t17-,23-/m1/s1. The first kappa shape index (κ1) is 21.9. The number of hydrogen-bond donors (Lipinski definition) is 1. The van der Waals surface area contributed by atoms with Crippen LogP contribution in [-0.4, -0.2) is 65.9 Å². The third-order valence-electron chi connectivity index (χ3n) is 7.08. The second kappa shape index (κ2) is 9.49. The summed E-state index contributed by atoms with van der Waals surface area (Å²) in [7, 11) is 1.76. The fourth-order valence-electron chi connectivity index (χ4n) is 4.95. The van der Waals surface area contributed by atoms with Crippen molar-refractivity contribution >= 4 is 16.9 Å². The molecule has 3 aliphatic rings. The molecule has 2 aromatic heterocycles. The second-order valence-corrected chi connectivity index (χ2v) is 9.60. The largest absolute Gasteiger partial charge is 0.385 e. The maximum Gasteiger partial charge on any atom is 0.253 e. The van der Waals surface area contributed by atoms with Crippen LogP contribution < -0.4 is 5.32 Å². The van der Waals surface area contributed by atoms with Gasteiger partial charge in [-0.15, -0.1) is 0 Å². The zero-order valence-corrected chi connectivity index (χ0v) is 19.4. The van der Waals surface area contributed by atoms with E-state index in [1.165, 1.54) is 23.9 Å². The molecule has 2 aromatic rings. The molecule has 1 saturated heterocycles. The van der Waals surface area contributed by atoms with Crippen molar-refractivity contribution in [3.8, 4) is 0 Å². The van der Waals surface area contributed by atoms with E-state index in [9.17, 15) is 4.79 Å². The van der Waals surface area contributed by atoms with Crippen LogP contribution in [0.2, 0.25) is 0 Å². The van der Waals surface area contributed by atoms with E-state index >= 15 is 0 Å². The van der Waals surface area contributed by atoms with Crippen LogP contribution in [-0.2, 0) is 20.8 Å². The van der Waals surface area contributed by atoms with Gasteiger partial charge in [-0.05, 0) is 63.0 Å². The normalized spacial score (nSPS) is 22.2. The third kappa shape index (κ3) is 4.56. The Balaban J connectivity index is 1.45. The van der Waals surface area contributed by atoms with Crippen molar-refractivity contribution in [2.45, 2.75) is 76.1 Å². The molecule has 1 amide bonds. The number of unbranched alkanes of at least 4 members (excludes halogenated alkanes) is 1. The minimum absolute atomic E-state index is 0.0254. The first-order chi connectivity index (χ1) is 15.7. The number of hydrogen-bond acceptors (Lipinski definition) is 5. The van der Waals surface area contributed by atoms with Gasteiger partial charge in [-0.25, -0.2) is 0 Å². The van der Waals surface area contributed by atoms with Crippen molar-refractivity contribution in [2.24, 2.45) is 0 Å². The molecule has 2 aliphatic carbocycles. The van der Waals surface area contributed by atoms with E-state index in [0.29, 0.717) is 25.1 Å². The summed E-state index contributed by atoms with van der Waals surface area (Å²) in [6, 6.07) is 2.63. The number of carbonyl (C=O) groups is 1. The Morgan fingerprint density at radius 3 is 2.88 bits per heavy atom. The van der Waals surface area contributed by atoms with Gasteiger partial charge in [-0.2, -0.15) is 0 Å². The number of rotatable bonds is 10. The van der Waals surface area contributed by atoms with Crippen LogP contribution >= 0.6 is 0 Å². The average molecular weight is 441 g/mol. The molecular weight excluding hydrogens is 404 g/mol. The van der Waals surface area contributed by atoms with Gasteiger partial charge >= 0.3 is 0 Å². The van der Waals surface area contributed by atoms with Gasteiger partial charge in [-0.3, -0.25) is 9.78 Å². The van der Waals surface area contributed by atoms with E-state index in [1.807, 2.05) is 0 Å². The molecule has 2 saturated carbocycles. The molecule has 1 aliphatic heterocycles. The van der Waals surface area contributed by atoms with Gasteiger partial charge in [0.1, 0.15) is 6.10 Å². The van der Waals surface area contributed by atoms with Crippen molar-refractivity contribution in [1.82, 2.24) is 19.8 Å². The minimum Gasteiger partial charge on any atom is -0.385 e. The first-order valence-electron chi connectivity index (χ1n) is 12.3. The molecule has 0 bridgehead atoms. The molecule has 2 atom stereocenters. The fraction of sp³-hybridized carbons (Fsp3) is 0.680. The Morgan fingerprint density at radius 2 is 2.19 bits per heavy atom. The SMILES string of the molecule is COCCCCn1cc([C@@H](C)N(C(=O)[C@H]2CNCCO2)C2CC2)c2ncc(C3CC3)cc21. The smallest absolute Gasteiger partial charge is 0.253 e. The highest BCUT2D eigenvalue weighted by atomic mass is 16.5. The Morgan fingerprint density at radius 1 is 1.34 bits per heavy atom. The number of morpholine rings is 1. The van der Waals surface area contributed by atoms with E-state index in [1.54, 1.807) is 7.11 Å². The van der Waals surface area contributed by atoms with Gasteiger partial charge in [0, 0.05) is 57.3 Å². The molecule has 5 rings (SSSR count). The maximum absolute atomic E-state index is 13.5. The molecule has 7 nitrogen and oxygen atoms in total. The van der Waals surface area contributed by atoms with E-state index in [0.717, 1.165) is 56.5 Å². The van der Waals surface area contributed by atoms with Gasteiger partial charge in [0.25, 0.3) is 5.91 Å². The topological polar surface area (TPSA) is 68.6 Å². The number of aromatic nitrogens is 2. The summed E-state index contributed by atoms with van der Waals surface area (Å²) in [5.41, 5.74) is 4.74. The molecule has 1 N–H and O–H groups in total. The van der Waals surface area contributed by atoms with Gasteiger partial charge in [0.2, 0.25) is 0 Å². The monoisotopic (exact) mass is 440 g/mol. The minimum atomic E-state index is -0.386. The molecule has 0 radical (unpaired) electrons. The number of aryl methyl sites for hydroxylation is 1. The molecule has 7 heteroatoms. The van der Waals surface area contributed by atoms with Gasteiger partial charge in [-0.1, -0.05) is 0 Å². The molecule has 32 heavy (non-hydrogen) atoms. The summed E-state index contributed by atoms with van der Waals surface area (Å²) in [5, 5.41) is 3.30. The molecular formula is C25H36N4O3. The van der Waals surface area contributed by atoms with Crippen molar-refractivity contribution in [1.29, 1.82) is 0 Å². The van der Waals surface area contributed by atoms with Crippen LogP contribution in [0.3, 0.4) is 0 Å². The van der Waals surface area contributed by atoms with E-state index in [2.05, 4.69) is 40.2 Å². The van der Waals surface area contributed by atoms with Crippen molar-refractivity contribution in [3.63, 3.8) is 0 Å². The number of nitrogens with one attached hydrogen (secondary N) is 1. The average Bonchev–Trinajstić information content (AvgIpc) is 3.75. The summed E-state index contributed by atoms with van der Waals surface area (Å²) in [5.74, 6) is 0.785. The molecule has 3 fully saturated rings. The summed E-state index contributed by atoms with van der Waals surface area (Å²) in [6.45, 7) is 5.89. The van der Waals surface area contributed by atoms with Gasteiger partial charge in [0.15, 0.2) is 0 Å². The molecule has 174 valence electrons.